The van der Waals surface area contributed by atoms with E-state index >= 15 is 0 Å². The summed E-state index contributed by atoms with van der Waals surface area (Å²) < 4.78 is 5.72. The smallest absolute Gasteiger partial charge is 0.119 e. The second-order valence-corrected chi connectivity index (χ2v) is 10.0. The molecular weight excluding hydrogens is 426 g/mol. The summed E-state index contributed by atoms with van der Waals surface area (Å²) in [4.78, 5) is 4.63. The quantitative estimate of drug-likeness (QED) is 0.129. The second kappa shape index (κ2) is 20.1. The molecule has 2 nitrogen and oxygen atoms in total. The summed E-state index contributed by atoms with van der Waals surface area (Å²) in [6.45, 7) is 5.26. The monoisotopic (exact) mass is 477 g/mol. The Kier molecular flexibility index (Phi) is 16.8. The van der Waals surface area contributed by atoms with Crippen molar-refractivity contribution in [2.45, 2.75) is 123 Å². The SMILES string of the molecule is CCCCCCCCCCCCCCCCc1ccc(N=Cc2ccc(OCCCC)cc2)cc1. The van der Waals surface area contributed by atoms with Gasteiger partial charge >= 0.3 is 0 Å². The summed E-state index contributed by atoms with van der Waals surface area (Å²) in [5.74, 6) is 0.934. The summed E-state index contributed by atoms with van der Waals surface area (Å²) in [6, 6.07) is 16.9. The lowest BCUT2D eigenvalue weighted by molar-refractivity contribution is 0.309. The zero-order chi connectivity index (χ0) is 24.8. The molecule has 2 heteroatoms. The average Bonchev–Trinajstić information content (AvgIpc) is 2.89. The molecule has 0 saturated heterocycles. The number of aliphatic imine (C=N–C) groups is 1. The maximum Gasteiger partial charge on any atom is 0.119 e. The molecule has 0 aliphatic rings. The lowest BCUT2D eigenvalue weighted by atomic mass is 10.0. The third kappa shape index (κ3) is 14.8. The Labute approximate surface area is 216 Å². The summed E-state index contributed by atoms with van der Waals surface area (Å²) in [7, 11) is 0. The zero-order valence-electron chi connectivity index (χ0n) is 22.8. The fourth-order valence-electron chi connectivity index (χ4n) is 4.41. The van der Waals surface area contributed by atoms with Gasteiger partial charge in [0.1, 0.15) is 5.75 Å². The molecule has 194 valence electrons. The van der Waals surface area contributed by atoms with Crippen LogP contribution < -0.4 is 4.74 Å². The van der Waals surface area contributed by atoms with Gasteiger partial charge in [-0.1, -0.05) is 116 Å². The lowest BCUT2D eigenvalue weighted by Gasteiger charge is -2.05. The summed E-state index contributed by atoms with van der Waals surface area (Å²) >= 11 is 0. The van der Waals surface area contributed by atoms with E-state index < -0.39 is 0 Å². The van der Waals surface area contributed by atoms with Crippen molar-refractivity contribution in [1.82, 2.24) is 0 Å². The molecule has 35 heavy (non-hydrogen) atoms. The molecule has 0 N–H and O–H groups in total. The highest BCUT2D eigenvalue weighted by atomic mass is 16.5. The standard InChI is InChI=1S/C33H51NO/c1-3-5-7-8-9-10-11-12-13-14-15-16-17-18-19-30-20-24-32(25-21-30)34-29-31-22-26-33(27-23-31)35-28-6-4-2/h20-27,29H,3-19,28H2,1-2H3. The molecule has 0 fully saturated rings. The van der Waals surface area contributed by atoms with E-state index in [2.05, 4.69) is 55.2 Å². The van der Waals surface area contributed by atoms with Crippen molar-refractivity contribution >= 4 is 11.9 Å². The van der Waals surface area contributed by atoms with Crippen LogP contribution in [0.25, 0.3) is 0 Å². The van der Waals surface area contributed by atoms with Crippen LogP contribution in [0.3, 0.4) is 0 Å². The highest BCUT2D eigenvalue weighted by Crippen LogP contribution is 2.18. The number of aryl methyl sites for hydroxylation is 1. The fraction of sp³-hybridized carbons (Fsp3) is 0.606. The minimum absolute atomic E-state index is 0.787. The van der Waals surface area contributed by atoms with Gasteiger partial charge in [-0.2, -0.15) is 0 Å². The van der Waals surface area contributed by atoms with Crippen LogP contribution in [0.4, 0.5) is 5.69 Å². The minimum Gasteiger partial charge on any atom is -0.494 e. The second-order valence-electron chi connectivity index (χ2n) is 10.0. The molecule has 2 aromatic carbocycles. The Balaban J connectivity index is 1.50. The first kappa shape index (κ1) is 29.1. The molecule has 0 radical (unpaired) electrons. The number of rotatable bonds is 21. The molecule has 0 aliphatic heterocycles. The van der Waals surface area contributed by atoms with Crippen molar-refractivity contribution in [1.29, 1.82) is 0 Å². The van der Waals surface area contributed by atoms with E-state index in [1.807, 2.05) is 18.3 Å². The Bertz CT molecular complexity index is 763. The number of benzene rings is 2. The van der Waals surface area contributed by atoms with Gasteiger partial charge in [-0.15, -0.1) is 0 Å². The van der Waals surface area contributed by atoms with Crippen molar-refractivity contribution in [3.63, 3.8) is 0 Å². The first-order chi connectivity index (χ1) is 17.3. The third-order valence-corrected chi connectivity index (χ3v) is 6.76. The molecular formula is C33H51NO. The first-order valence-corrected chi connectivity index (χ1v) is 14.7. The van der Waals surface area contributed by atoms with Crippen LogP contribution >= 0.6 is 0 Å². The maximum atomic E-state index is 5.72. The fourth-order valence-corrected chi connectivity index (χ4v) is 4.41. The average molecular weight is 478 g/mol. The van der Waals surface area contributed by atoms with Crippen molar-refractivity contribution < 1.29 is 4.74 Å². The molecule has 0 bridgehead atoms. The van der Waals surface area contributed by atoms with Gasteiger partial charge in [-0.05, 0) is 66.8 Å². The highest BCUT2D eigenvalue weighted by molar-refractivity contribution is 5.82. The van der Waals surface area contributed by atoms with Gasteiger partial charge in [-0.3, -0.25) is 4.99 Å². The third-order valence-electron chi connectivity index (χ3n) is 6.76. The minimum atomic E-state index is 0.787. The normalized spacial score (nSPS) is 11.4. The Hall–Kier alpha value is -2.09. The topological polar surface area (TPSA) is 21.6 Å². The number of ether oxygens (including phenoxy) is 1. The number of hydrogen-bond donors (Lipinski definition) is 0. The molecule has 0 amide bonds. The van der Waals surface area contributed by atoms with Gasteiger partial charge in [0.2, 0.25) is 0 Å². The molecule has 0 aromatic heterocycles. The predicted molar refractivity (Wildman–Crippen MR) is 155 cm³/mol. The van der Waals surface area contributed by atoms with Gasteiger partial charge in [0.05, 0.1) is 12.3 Å². The van der Waals surface area contributed by atoms with Crippen LogP contribution in [0.15, 0.2) is 53.5 Å². The van der Waals surface area contributed by atoms with Gasteiger partial charge < -0.3 is 4.74 Å². The van der Waals surface area contributed by atoms with E-state index in [1.54, 1.807) is 0 Å². The predicted octanol–water partition coefficient (Wildman–Crippen LogP) is 10.6. The van der Waals surface area contributed by atoms with E-state index in [0.29, 0.717) is 0 Å². The van der Waals surface area contributed by atoms with Crippen molar-refractivity contribution in [3.05, 3.63) is 59.7 Å². The summed E-state index contributed by atoms with van der Waals surface area (Å²) in [5, 5.41) is 0. The number of hydrogen-bond acceptors (Lipinski definition) is 2. The van der Waals surface area contributed by atoms with Gasteiger partial charge in [0, 0.05) is 6.21 Å². The van der Waals surface area contributed by atoms with Gasteiger partial charge in [-0.25, -0.2) is 0 Å². The van der Waals surface area contributed by atoms with E-state index in [1.165, 1.54) is 102 Å². The van der Waals surface area contributed by atoms with Crippen molar-refractivity contribution in [3.8, 4) is 5.75 Å². The summed E-state index contributed by atoms with van der Waals surface area (Å²) in [6.07, 6.45) is 25.2. The van der Waals surface area contributed by atoms with Crippen LogP contribution in [-0.4, -0.2) is 12.8 Å². The molecule has 0 atom stereocenters. The molecule has 2 rings (SSSR count). The van der Waals surface area contributed by atoms with Crippen molar-refractivity contribution in [2.75, 3.05) is 6.61 Å². The lowest BCUT2D eigenvalue weighted by Crippen LogP contribution is -1.96. The molecule has 0 saturated carbocycles. The van der Waals surface area contributed by atoms with Gasteiger partial charge in [0.25, 0.3) is 0 Å². The molecule has 0 aliphatic carbocycles. The van der Waals surface area contributed by atoms with Crippen LogP contribution in [0, 0.1) is 0 Å². The van der Waals surface area contributed by atoms with Crippen LogP contribution in [0.5, 0.6) is 5.75 Å². The van der Waals surface area contributed by atoms with Gasteiger partial charge in [0.15, 0.2) is 0 Å². The molecule has 0 heterocycles. The summed E-state index contributed by atoms with van der Waals surface area (Å²) in [5.41, 5.74) is 3.54. The van der Waals surface area contributed by atoms with E-state index in [4.69, 9.17) is 4.74 Å². The van der Waals surface area contributed by atoms with Crippen LogP contribution in [0.2, 0.25) is 0 Å². The number of nitrogens with zero attached hydrogens (tertiary/aromatic N) is 1. The molecule has 0 unspecified atom stereocenters. The van der Waals surface area contributed by atoms with E-state index in [0.717, 1.165) is 36.4 Å². The Morgan fingerprint density at radius 1 is 0.571 bits per heavy atom. The molecule has 0 spiro atoms. The first-order valence-electron chi connectivity index (χ1n) is 14.7. The van der Waals surface area contributed by atoms with Crippen LogP contribution in [0.1, 0.15) is 128 Å². The Morgan fingerprint density at radius 2 is 1.09 bits per heavy atom. The van der Waals surface area contributed by atoms with Crippen molar-refractivity contribution in [2.24, 2.45) is 4.99 Å². The largest absolute Gasteiger partial charge is 0.494 e. The molecule has 2 aromatic rings. The number of unbranched alkanes of at least 4 members (excludes halogenated alkanes) is 14. The maximum absolute atomic E-state index is 5.72. The Morgan fingerprint density at radius 3 is 1.63 bits per heavy atom. The van der Waals surface area contributed by atoms with E-state index in [9.17, 15) is 0 Å². The van der Waals surface area contributed by atoms with Crippen LogP contribution in [-0.2, 0) is 6.42 Å². The van der Waals surface area contributed by atoms with E-state index in [-0.39, 0.29) is 0 Å². The highest BCUT2D eigenvalue weighted by Gasteiger charge is 1.98. The zero-order valence-corrected chi connectivity index (χ0v) is 22.8.